The van der Waals surface area contributed by atoms with E-state index in [0.29, 0.717) is 33.7 Å². The molecule has 1 aliphatic heterocycles. The predicted molar refractivity (Wildman–Crippen MR) is 112 cm³/mol. The maximum atomic E-state index is 12.8. The first-order valence-corrected chi connectivity index (χ1v) is 9.95. The van der Waals surface area contributed by atoms with Gasteiger partial charge in [0.05, 0.1) is 36.9 Å². The first-order chi connectivity index (χ1) is 13.9. The summed E-state index contributed by atoms with van der Waals surface area (Å²) in [6.07, 6.45) is 1.74. The Morgan fingerprint density at radius 3 is 2.52 bits per heavy atom. The van der Waals surface area contributed by atoms with Crippen molar-refractivity contribution in [1.29, 1.82) is 0 Å². The van der Waals surface area contributed by atoms with Crippen LogP contribution in [-0.2, 0) is 4.79 Å². The molecule has 0 radical (unpaired) electrons. The van der Waals surface area contributed by atoms with E-state index in [9.17, 15) is 9.59 Å². The minimum absolute atomic E-state index is 0.0656. The SMILES string of the molecule is COc1ccc([C@H]2CCCN2C(=O)CNC(=O)c2ccc(Cl)c(Cl)c2)cc1OC. The van der Waals surface area contributed by atoms with E-state index in [1.165, 1.54) is 6.07 Å². The Hall–Kier alpha value is -2.44. The molecule has 1 heterocycles. The average molecular weight is 437 g/mol. The lowest BCUT2D eigenvalue weighted by Gasteiger charge is -2.26. The van der Waals surface area contributed by atoms with E-state index >= 15 is 0 Å². The number of likely N-dealkylation sites (tertiary alicyclic amines) is 1. The lowest BCUT2D eigenvalue weighted by molar-refractivity contribution is -0.131. The first-order valence-electron chi connectivity index (χ1n) is 9.19. The number of nitrogens with zero attached hydrogens (tertiary/aromatic N) is 1. The van der Waals surface area contributed by atoms with E-state index in [1.54, 1.807) is 31.3 Å². The molecule has 154 valence electrons. The Balaban J connectivity index is 1.67. The molecular formula is C21H22Cl2N2O4. The van der Waals surface area contributed by atoms with Crippen molar-refractivity contribution in [3.8, 4) is 11.5 Å². The number of ether oxygens (including phenoxy) is 2. The molecule has 0 aromatic heterocycles. The third-order valence-electron chi connectivity index (χ3n) is 4.95. The highest BCUT2D eigenvalue weighted by molar-refractivity contribution is 6.42. The van der Waals surface area contributed by atoms with Gasteiger partial charge in [0.1, 0.15) is 0 Å². The number of benzene rings is 2. The summed E-state index contributed by atoms with van der Waals surface area (Å²) in [6, 6.07) is 10.2. The van der Waals surface area contributed by atoms with E-state index in [-0.39, 0.29) is 24.4 Å². The van der Waals surface area contributed by atoms with Gasteiger partial charge in [-0.05, 0) is 48.7 Å². The molecule has 3 rings (SSSR count). The van der Waals surface area contributed by atoms with Crippen molar-refractivity contribution in [2.45, 2.75) is 18.9 Å². The van der Waals surface area contributed by atoms with Crippen LogP contribution in [0, 0.1) is 0 Å². The Morgan fingerprint density at radius 2 is 1.83 bits per heavy atom. The van der Waals surface area contributed by atoms with Crippen molar-refractivity contribution in [1.82, 2.24) is 10.2 Å². The number of hydrogen-bond donors (Lipinski definition) is 1. The van der Waals surface area contributed by atoms with E-state index in [4.69, 9.17) is 32.7 Å². The number of hydrogen-bond acceptors (Lipinski definition) is 4. The van der Waals surface area contributed by atoms with Crippen LogP contribution in [0.1, 0.15) is 34.8 Å². The summed E-state index contributed by atoms with van der Waals surface area (Å²) in [7, 11) is 3.16. The van der Waals surface area contributed by atoms with Gasteiger partial charge in [-0.2, -0.15) is 0 Å². The molecule has 0 unspecified atom stereocenters. The molecule has 1 saturated heterocycles. The molecule has 2 aromatic carbocycles. The average Bonchev–Trinajstić information content (AvgIpc) is 3.23. The molecule has 0 aliphatic carbocycles. The van der Waals surface area contributed by atoms with E-state index in [2.05, 4.69) is 5.32 Å². The Bertz CT molecular complexity index is 920. The largest absolute Gasteiger partial charge is 0.493 e. The summed E-state index contributed by atoms with van der Waals surface area (Å²) in [5.74, 6) is 0.743. The lowest BCUT2D eigenvalue weighted by atomic mass is 10.0. The number of amides is 2. The molecular weight excluding hydrogens is 415 g/mol. The molecule has 29 heavy (non-hydrogen) atoms. The summed E-state index contributed by atoms with van der Waals surface area (Å²) in [4.78, 5) is 26.9. The Morgan fingerprint density at radius 1 is 1.07 bits per heavy atom. The summed E-state index contributed by atoms with van der Waals surface area (Å²) >= 11 is 11.8. The molecule has 1 atom stereocenters. The van der Waals surface area contributed by atoms with Gasteiger partial charge in [-0.3, -0.25) is 9.59 Å². The van der Waals surface area contributed by atoms with Crippen molar-refractivity contribution in [2.24, 2.45) is 0 Å². The van der Waals surface area contributed by atoms with Crippen molar-refractivity contribution in [3.63, 3.8) is 0 Å². The minimum atomic E-state index is -0.376. The minimum Gasteiger partial charge on any atom is -0.493 e. The normalized spacial score (nSPS) is 15.9. The fourth-order valence-electron chi connectivity index (χ4n) is 3.47. The van der Waals surface area contributed by atoms with Gasteiger partial charge >= 0.3 is 0 Å². The van der Waals surface area contributed by atoms with Gasteiger partial charge in [-0.1, -0.05) is 29.3 Å². The molecule has 1 aliphatic rings. The van der Waals surface area contributed by atoms with Crippen molar-refractivity contribution in [2.75, 3.05) is 27.3 Å². The van der Waals surface area contributed by atoms with Gasteiger partial charge in [-0.25, -0.2) is 0 Å². The fourth-order valence-corrected chi connectivity index (χ4v) is 3.77. The fraction of sp³-hybridized carbons (Fsp3) is 0.333. The number of methoxy groups -OCH3 is 2. The molecule has 1 N–H and O–H groups in total. The van der Waals surface area contributed by atoms with Crippen molar-refractivity contribution in [3.05, 3.63) is 57.6 Å². The Labute approximate surface area is 179 Å². The smallest absolute Gasteiger partial charge is 0.251 e. The number of carbonyl (C=O) groups excluding carboxylic acids is 2. The number of nitrogens with one attached hydrogen (secondary N) is 1. The first kappa shape index (κ1) is 21.3. The van der Waals surface area contributed by atoms with E-state index in [1.807, 2.05) is 18.2 Å². The molecule has 0 spiro atoms. The lowest BCUT2D eigenvalue weighted by Crippen LogP contribution is -2.39. The highest BCUT2D eigenvalue weighted by atomic mass is 35.5. The van der Waals surface area contributed by atoms with Crippen LogP contribution in [0.25, 0.3) is 0 Å². The summed E-state index contributed by atoms with van der Waals surface area (Å²) in [5, 5.41) is 3.32. The Kier molecular flexibility index (Phi) is 6.87. The summed E-state index contributed by atoms with van der Waals surface area (Å²) in [6.45, 7) is 0.545. The third kappa shape index (κ3) is 4.77. The molecule has 6 nitrogen and oxygen atoms in total. The zero-order chi connectivity index (χ0) is 21.0. The van der Waals surface area contributed by atoms with Gasteiger partial charge in [0.2, 0.25) is 5.91 Å². The second-order valence-electron chi connectivity index (χ2n) is 6.67. The molecule has 0 bridgehead atoms. The predicted octanol–water partition coefficient (Wildman–Crippen LogP) is 4.10. The van der Waals surface area contributed by atoms with Gasteiger partial charge in [0.25, 0.3) is 5.91 Å². The maximum Gasteiger partial charge on any atom is 0.251 e. The molecule has 2 aromatic rings. The van der Waals surface area contributed by atoms with Gasteiger partial charge in [0, 0.05) is 12.1 Å². The van der Waals surface area contributed by atoms with Crippen molar-refractivity contribution < 1.29 is 19.1 Å². The molecule has 8 heteroatoms. The maximum absolute atomic E-state index is 12.8. The monoisotopic (exact) mass is 436 g/mol. The van der Waals surface area contributed by atoms with Gasteiger partial charge in [0.15, 0.2) is 11.5 Å². The molecule has 1 fully saturated rings. The number of carbonyl (C=O) groups is 2. The van der Waals surface area contributed by atoms with Crippen LogP contribution in [-0.4, -0.2) is 44.0 Å². The molecule has 0 saturated carbocycles. The van der Waals surface area contributed by atoms with Crippen LogP contribution in [0.15, 0.2) is 36.4 Å². The van der Waals surface area contributed by atoms with E-state index in [0.717, 1.165) is 18.4 Å². The van der Waals surface area contributed by atoms with Crippen LogP contribution < -0.4 is 14.8 Å². The van der Waals surface area contributed by atoms with Crippen LogP contribution in [0.2, 0.25) is 10.0 Å². The number of rotatable bonds is 6. The standard InChI is InChI=1S/C21H22Cl2N2O4/c1-28-18-8-6-13(11-19(18)29-2)17-4-3-9-25(17)20(26)12-24-21(27)14-5-7-15(22)16(23)10-14/h5-8,10-11,17H,3-4,9,12H2,1-2H3,(H,24,27)/t17-/m1/s1. The summed E-state index contributed by atoms with van der Waals surface area (Å²) < 4.78 is 10.7. The topological polar surface area (TPSA) is 67.9 Å². The highest BCUT2D eigenvalue weighted by Crippen LogP contribution is 2.36. The number of halogens is 2. The zero-order valence-corrected chi connectivity index (χ0v) is 17.7. The van der Waals surface area contributed by atoms with Gasteiger partial charge < -0.3 is 19.7 Å². The second kappa shape index (κ2) is 9.37. The van der Waals surface area contributed by atoms with Crippen molar-refractivity contribution >= 4 is 35.0 Å². The quantitative estimate of drug-likeness (QED) is 0.739. The highest BCUT2D eigenvalue weighted by Gasteiger charge is 2.30. The van der Waals surface area contributed by atoms with Crippen LogP contribution in [0.3, 0.4) is 0 Å². The summed E-state index contributed by atoms with van der Waals surface area (Å²) in [5.41, 5.74) is 1.33. The van der Waals surface area contributed by atoms with Crippen LogP contribution >= 0.6 is 23.2 Å². The molecule has 2 amide bonds. The van der Waals surface area contributed by atoms with Crippen LogP contribution in [0.4, 0.5) is 0 Å². The van der Waals surface area contributed by atoms with Gasteiger partial charge in [-0.15, -0.1) is 0 Å². The zero-order valence-electron chi connectivity index (χ0n) is 16.2. The van der Waals surface area contributed by atoms with E-state index < -0.39 is 0 Å². The third-order valence-corrected chi connectivity index (χ3v) is 5.69. The van der Waals surface area contributed by atoms with Crippen LogP contribution in [0.5, 0.6) is 11.5 Å². The second-order valence-corrected chi connectivity index (χ2v) is 7.49.